The summed E-state index contributed by atoms with van der Waals surface area (Å²) < 4.78 is 6.69. The summed E-state index contributed by atoms with van der Waals surface area (Å²) in [5, 5.41) is 17.6. The number of carbonyl (C=O) groups excluding carboxylic acids is 1. The van der Waals surface area contributed by atoms with E-state index in [4.69, 9.17) is 4.74 Å². The van der Waals surface area contributed by atoms with Crippen LogP contribution in [-0.2, 0) is 4.79 Å². The van der Waals surface area contributed by atoms with Crippen molar-refractivity contribution in [1.29, 1.82) is 0 Å². The topological polar surface area (TPSA) is 97.5 Å². The van der Waals surface area contributed by atoms with E-state index in [0.29, 0.717) is 30.8 Å². The zero-order valence-corrected chi connectivity index (χ0v) is 14.4. The molecule has 3 rings (SSSR count). The molecule has 1 unspecified atom stereocenters. The van der Waals surface area contributed by atoms with Crippen LogP contribution in [0.4, 0.5) is 0 Å². The number of likely N-dealkylation sites (tertiary alicyclic amines) is 1. The van der Waals surface area contributed by atoms with Gasteiger partial charge in [0, 0.05) is 6.54 Å². The predicted molar refractivity (Wildman–Crippen MR) is 89.0 cm³/mol. The Balaban J connectivity index is 1.92. The van der Waals surface area contributed by atoms with Gasteiger partial charge in [0.15, 0.2) is 5.69 Å². The van der Waals surface area contributed by atoms with E-state index in [-0.39, 0.29) is 5.69 Å². The van der Waals surface area contributed by atoms with Crippen molar-refractivity contribution < 1.29 is 19.4 Å². The maximum absolute atomic E-state index is 12.9. The van der Waals surface area contributed by atoms with Crippen LogP contribution in [0.1, 0.15) is 35.9 Å². The van der Waals surface area contributed by atoms with Crippen molar-refractivity contribution in [2.45, 2.75) is 32.2 Å². The van der Waals surface area contributed by atoms with Crippen molar-refractivity contribution in [3.63, 3.8) is 0 Å². The molecule has 8 heteroatoms. The Morgan fingerprint density at radius 3 is 2.56 bits per heavy atom. The van der Waals surface area contributed by atoms with Crippen LogP contribution in [-0.4, -0.2) is 56.1 Å². The van der Waals surface area contributed by atoms with Crippen LogP contribution in [0.3, 0.4) is 0 Å². The summed E-state index contributed by atoms with van der Waals surface area (Å²) in [7, 11) is 1.59. The zero-order chi connectivity index (χ0) is 18.2. The molecule has 1 fully saturated rings. The second kappa shape index (κ2) is 6.19. The van der Waals surface area contributed by atoms with Gasteiger partial charge in [-0.15, -0.1) is 5.10 Å². The summed E-state index contributed by atoms with van der Waals surface area (Å²) in [4.78, 5) is 25.8. The third-order valence-corrected chi connectivity index (χ3v) is 4.76. The molecular weight excluding hydrogens is 324 g/mol. The number of carbonyl (C=O) groups is 2. The van der Waals surface area contributed by atoms with E-state index in [1.807, 2.05) is 12.1 Å². The number of benzene rings is 1. The van der Waals surface area contributed by atoms with Crippen LogP contribution in [0.5, 0.6) is 5.75 Å². The van der Waals surface area contributed by atoms with E-state index in [2.05, 4.69) is 10.3 Å². The zero-order valence-electron chi connectivity index (χ0n) is 14.4. The molecule has 1 N–H and O–H groups in total. The highest BCUT2D eigenvalue weighted by Crippen LogP contribution is 2.31. The summed E-state index contributed by atoms with van der Waals surface area (Å²) in [6, 6.07) is 7.21. The van der Waals surface area contributed by atoms with Gasteiger partial charge in [-0.1, -0.05) is 5.21 Å². The minimum absolute atomic E-state index is 0.171. The molecule has 132 valence electrons. The molecule has 1 aromatic heterocycles. The van der Waals surface area contributed by atoms with Gasteiger partial charge in [-0.3, -0.25) is 4.79 Å². The standard InChI is InChI=1S/C17H20N4O4/c1-11-14(15(22)20-10-4-9-17(20,2)16(23)24)18-19-21(11)12-5-7-13(25-3)8-6-12/h5-8H,4,9-10H2,1-3H3,(H,23,24). The van der Waals surface area contributed by atoms with E-state index in [9.17, 15) is 14.7 Å². The summed E-state index contributed by atoms with van der Waals surface area (Å²) in [6.45, 7) is 3.71. The lowest BCUT2D eigenvalue weighted by atomic mass is 9.99. The maximum Gasteiger partial charge on any atom is 0.329 e. The molecule has 25 heavy (non-hydrogen) atoms. The smallest absolute Gasteiger partial charge is 0.329 e. The highest BCUT2D eigenvalue weighted by atomic mass is 16.5. The molecule has 8 nitrogen and oxygen atoms in total. The van der Waals surface area contributed by atoms with Gasteiger partial charge in [-0.2, -0.15) is 0 Å². The van der Waals surface area contributed by atoms with Gasteiger partial charge in [-0.25, -0.2) is 9.48 Å². The van der Waals surface area contributed by atoms with Gasteiger partial charge in [0.25, 0.3) is 5.91 Å². The molecule has 0 bridgehead atoms. The highest BCUT2D eigenvalue weighted by molar-refractivity contribution is 5.97. The second-order valence-corrected chi connectivity index (χ2v) is 6.27. The fourth-order valence-corrected chi connectivity index (χ4v) is 3.13. The normalized spacial score (nSPS) is 19.9. The van der Waals surface area contributed by atoms with Gasteiger partial charge < -0.3 is 14.7 Å². The number of aliphatic carboxylic acids is 1. The lowest BCUT2D eigenvalue weighted by molar-refractivity contribution is -0.147. The van der Waals surface area contributed by atoms with Crippen molar-refractivity contribution in [2.24, 2.45) is 0 Å². The number of amides is 1. The van der Waals surface area contributed by atoms with Crippen molar-refractivity contribution >= 4 is 11.9 Å². The van der Waals surface area contributed by atoms with E-state index in [1.54, 1.807) is 37.8 Å². The Morgan fingerprint density at radius 2 is 1.96 bits per heavy atom. The highest BCUT2D eigenvalue weighted by Gasteiger charge is 2.47. The minimum Gasteiger partial charge on any atom is -0.497 e. The number of carboxylic acids is 1. The van der Waals surface area contributed by atoms with Crippen molar-refractivity contribution in [3.8, 4) is 11.4 Å². The van der Waals surface area contributed by atoms with Gasteiger partial charge in [0.1, 0.15) is 11.3 Å². The third-order valence-electron chi connectivity index (χ3n) is 4.76. The summed E-state index contributed by atoms with van der Waals surface area (Å²) in [5.74, 6) is -0.690. The predicted octanol–water partition coefficient (Wildman–Crippen LogP) is 1.66. The molecule has 1 aliphatic heterocycles. The van der Waals surface area contributed by atoms with Crippen LogP contribution in [0, 0.1) is 6.92 Å². The van der Waals surface area contributed by atoms with E-state index in [0.717, 1.165) is 5.69 Å². The number of hydrogen-bond donors (Lipinski definition) is 1. The van der Waals surface area contributed by atoms with Gasteiger partial charge in [-0.05, 0) is 51.0 Å². The van der Waals surface area contributed by atoms with Gasteiger partial charge in [0.2, 0.25) is 0 Å². The number of aromatic nitrogens is 3. The van der Waals surface area contributed by atoms with E-state index >= 15 is 0 Å². The first-order chi connectivity index (χ1) is 11.9. The van der Waals surface area contributed by atoms with Crippen LogP contribution < -0.4 is 4.74 Å². The van der Waals surface area contributed by atoms with Crippen LogP contribution >= 0.6 is 0 Å². The molecule has 1 aliphatic rings. The fraction of sp³-hybridized carbons (Fsp3) is 0.412. The van der Waals surface area contributed by atoms with Crippen molar-refractivity contribution in [1.82, 2.24) is 19.9 Å². The summed E-state index contributed by atoms with van der Waals surface area (Å²) in [6.07, 6.45) is 1.08. The van der Waals surface area contributed by atoms with Crippen LogP contribution in [0.25, 0.3) is 5.69 Å². The largest absolute Gasteiger partial charge is 0.497 e. The monoisotopic (exact) mass is 344 g/mol. The van der Waals surface area contributed by atoms with Gasteiger partial charge >= 0.3 is 5.97 Å². The molecule has 0 saturated carbocycles. The lowest BCUT2D eigenvalue weighted by Gasteiger charge is -2.30. The molecule has 1 amide bonds. The molecule has 1 atom stereocenters. The third kappa shape index (κ3) is 2.73. The summed E-state index contributed by atoms with van der Waals surface area (Å²) >= 11 is 0. The first kappa shape index (κ1) is 16.9. The Kier molecular flexibility index (Phi) is 4.20. The molecule has 0 spiro atoms. The molecule has 2 aromatic rings. The Bertz CT molecular complexity index is 815. The quantitative estimate of drug-likeness (QED) is 0.906. The first-order valence-electron chi connectivity index (χ1n) is 8.00. The number of nitrogens with zero attached hydrogens (tertiary/aromatic N) is 4. The SMILES string of the molecule is COc1ccc(-n2nnc(C(=O)N3CCCC3(C)C(=O)O)c2C)cc1. The van der Waals surface area contributed by atoms with Crippen LogP contribution in [0.15, 0.2) is 24.3 Å². The molecule has 1 aromatic carbocycles. The first-order valence-corrected chi connectivity index (χ1v) is 8.00. The number of hydrogen-bond acceptors (Lipinski definition) is 5. The Labute approximate surface area is 145 Å². The van der Waals surface area contributed by atoms with E-state index < -0.39 is 17.4 Å². The Morgan fingerprint density at radius 1 is 1.28 bits per heavy atom. The molecule has 1 saturated heterocycles. The molecular formula is C17H20N4O4. The fourth-order valence-electron chi connectivity index (χ4n) is 3.13. The molecule has 0 radical (unpaired) electrons. The lowest BCUT2D eigenvalue weighted by Crippen LogP contribution is -2.51. The van der Waals surface area contributed by atoms with E-state index in [1.165, 1.54) is 4.90 Å². The molecule has 0 aliphatic carbocycles. The second-order valence-electron chi connectivity index (χ2n) is 6.27. The summed E-state index contributed by atoms with van der Waals surface area (Å²) in [5.41, 5.74) is 0.278. The van der Waals surface area contributed by atoms with Crippen molar-refractivity contribution in [3.05, 3.63) is 35.7 Å². The minimum atomic E-state index is -1.20. The maximum atomic E-state index is 12.9. The van der Waals surface area contributed by atoms with Crippen LogP contribution in [0.2, 0.25) is 0 Å². The number of carboxylic acid groups (broad SMARTS) is 1. The molecule has 2 heterocycles. The average molecular weight is 344 g/mol. The number of rotatable bonds is 4. The van der Waals surface area contributed by atoms with Gasteiger partial charge in [0.05, 0.1) is 18.5 Å². The number of methoxy groups -OCH3 is 1. The average Bonchev–Trinajstić information content (AvgIpc) is 3.18. The van der Waals surface area contributed by atoms with Crippen molar-refractivity contribution in [2.75, 3.05) is 13.7 Å². The number of ether oxygens (including phenoxy) is 1. The Hall–Kier alpha value is -2.90.